The van der Waals surface area contributed by atoms with E-state index < -0.39 is 6.10 Å². The average molecular weight is 238 g/mol. The van der Waals surface area contributed by atoms with Crippen molar-refractivity contribution in [3.63, 3.8) is 0 Å². The standard InChI is InChI=1S/C12H15FN2O2/c13-10-4-2-1-3-8(10)6-15-12(17)11-5-9(16)7-14-11/h1-4,9,11,14,16H,5-7H2,(H,15,17). The van der Waals surface area contributed by atoms with Gasteiger partial charge < -0.3 is 15.7 Å². The molecule has 0 bridgehead atoms. The predicted molar refractivity (Wildman–Crippen MR) is 60.7 cm³/mol. The van der Waals surface area contributed by atoms with Crippen LogP contribution in [0, 0.1) is 5.82 Å². The highest BCUT2D eigenvalue weighted by atomic mass is 19.1. The first-order valence-electron chi connectivity index (χ1n) is 5.59. The van der Waals surface area contributed by atoms with Gasteiger partial charge in [-0.15, -0.1) is 0 Å². The number of aliphatic hydroxyl groups is 1. The van der Waals surface area contributed by atoms with Gasteiger partial charge in [-0.25, -0.2) is 4.39 Å². The lowest BCUT2D eigenvalue weighted by Gasteiger charge is -2.11. The van der Waals surface area contributed by atoms with Gasteiger partial charge in [0.2, 0.25) is 5.91 Å². The van der Waals surface area contributed by atoms with E-state index in [0.29, 0.717) is 18.5 Å². The van der Waals surface area contributed by atoms with Gasteiger partial charge in [-0.05, 0) is 12.5 Å². The summed E-state index contributed by atoms with van der Waals surface area (Å²) >= 11 is 0. The van der Waals surface area contributed by atoms with E-state index >= 15 is 0 Å². The van der Waals surface area contributed by atoms with Gasteiger partial charge in [0.05, 0.1) is 12.1 Å². The van der Waals surface area contributed by atoms with Crippen LogP contribution in [0.4, 0.5) is 4.39 Å². The Balaban J connectivity index is 1.86. The molecular formula is C12H15FN2O2. The van der Waals surface area contributed by atoms with Crippen molar-refractivity contribution in [1.82, 2.24) is 10.6 Å². The van der Waals surface area contributed by atoms with Gasteiger partial charge in [-0.1, -0.05) is 18.2 Å². The molecule has 1 aliphatic rings. The van der Waals surface area contributed by atoms with Crippen molar-refractivity contribution in [2.45, 2.75) is 25.1 Å². The first kappa shape index (κ1) is 12.0. The Kier molecular flexibility index (Phi) is 3.71. The molecule has 0 spiro atoms. The molecule has 1 saturated heterocycles. The maximum absolute atomic E-state index is 13.3. The van der Waals surface area contributed by atoms with E-state index in [9.17, 15) is 14.3 Å². The first-order chi connectivity index (χ1) is 8.16. The number of carbonyl (C=O) groups excluding carboxylic acids is 1. The number of rotatable bonds is 3. The number of β-amino-alcohol motifs (C(OH)–C–C–N with tert-alkyl or cyclic N) is 1. The summed E-state index contributed by atoms with van der Waals surface area (Å²) in [6.07, 6.45) is -0.0671. The van der Waals surface area contributed by atoms with Crippen molar-refractivity contribution in [1.29, 1.82) is 0 Å². The van der Waals surface area contributed by atoms with Crippen LogP contribution in [0.5, 0.6) is 0 Å². The largest absolute Gasteiger partial charge is 0.392 e. The van der Waals surface area contributed by atoms with Gasteiger partial charge in [0, 0.05) is 18.7 Å². The van der Waals surface area contributed by atoms with Crippen LogP contribution >= 0.6 is 0 Å². The fourth-order valence-corrected chi connectivity index (χ4v) is 1.86. The van der Waals surface area contributed by atoms with Crippen molar-refractivity contribution < 1.29 is 14.3 Å². The van der Waals surface area contributed by atoms with E-state index in [4.69, 9.17) is 0 Å². The number of carbonyl (C=O) groups is 1. The molecule has 4 nitrogen and oxygen atoms in total. The van der Waals surface area contributed by atoms with Crippen LogP contribution < -0.4 is 10.6 Å². The van der Waals surface area contributed by atoms with E-state index in [2.05, 4.69) is 10.6 Å². The van der Waals surface area contributed by atoms with Gasteiger partial charge in [-0.2, -0.15) is 0 Å². The number of hydrogen-bond acceptors (Lipinski definition) is 3. The molecule has 0 saturated carbocycles. The molecule has 1 aromatic rings. The minimum absolute atomic E-state index is 0.166. The van der Waals surface area contributed by atoms with Crippen molar-refractivity contribution >= 4 is 5.91 Å². The number of aliphatic hydroxyl groups excluding tert-OH is 1. The molecule has 0 radical (unpaired) electrons. The highest BCUT2D eigenvalue weighted by molar-refractivity contribution is 5.82. The highest BCUT2D eigenvalue weighted by Crippen LogP contribution is 2.08. The molecule has 3 N–H and O–H groups in total. The maximum Gasteiger partial charge on any atom is 0.237 e. The number of benzene rings is 1. The van der Waals surface area contributed by atoms with Gasteiger partial charge >= 0.3 is 0 Å². The molecule has 2 rings (SSSR count). The Bertz CT molecular complexity index is 411. The summed E-state index contributed by atoms with van der Waals surface area (Å²) in [6.45, 7) is 0.595. The van der Waals surface area contributed by atoms with Crippen LogP contribution in [0.3, 0.4) is 0 Å². The SMILES string of the molecule is O=C(NCc1ccccc1F)C1CC(O)CN1. The molecule has 1 aromatic carbocycles. The Hall–Kier alpha value is -1.46. The molecule has 92 valence electrons. The fourth-order valence-electron chi connectivity index (χ4n) is 1.86. The second kappa shape index (κ2) is 5.25. The molecule has 17 heavy (non-hydrogen) atoms. The fraction of sp³-hybridized carbons (Fsp3) is 0.417. The third kappa shape index (κ3) is 3.01. The summed E-state index contributed by atoms with van der Waals surface area (Å²) in [4.78, 5) is 11.7. The van der Waals surface area contributed by atoms with Gasteiger partial charge in [0.15, 0.2) is 0 Å². The third-order valence-corrected chi connectivity index (χ3v) is 2.84. The van der Waals surface area contributed by atoms with Crippen LogP contribution in [-0.4, -0.2) is 29.7 Å². The summed E-state index contributed by atoms with van der Waals surface area (Å²) in [5.74, 6) is -0.531. The van der Waals surface area contributed by atoms with Gasteiger partial charge in [0.25, 0.3) is 0 Å². The van der Waals surface area contributed by atoms with Crippen LogP contribution in [0.1, 0.15) is 12.0 Å². The topological polar surface area (TPSA) is 61.4 Å². The highest BCUT2D eigenvalue weighted by Gasteiger charge is 2.27. The van der Waals surface area contributed by atoms with E-state index in [-0.39, 0.29) is 24.3 Å². The third-order valence-electron chi connectivity index (χ3n) is 2.84. The molecule has 5 heteroatoms. The maximum atomic E-state index is 13.3. The molecule has 0 aromatic heterocycles. The van der Waals surface area contributed by atoms with Crippen LogP contribution in [-0.2, 0) is 11.3 Å². The van der Waals surface area contributed by atoms with Crippen molar-refractivity contribution in [3.05, 3.63) is 35.6 Å². The average Bonchev–Trinajstić information content (AvgIpc) is 2.74. The van der Waals surface area contributed by atoms with Gasteiger partial charge in [-0.3, -0.25) is 4.79 Å². The Labute approximate surface area is 98.8 Å². The molecular weight excluding hydrogens is 223 g/mol. The molecule has 1 aliphatic heterocycles. The zero-order chi connectivity index (χ0) is 12.3. The van der Waals surface area contributed by atoms with E-state index in [1.807, 2.05) is 0 Å². The Morgan fingerprint density at radius 1 is 1.53 bits per heavy atom. The lowest BCUT2D eigenvalue weighted by molar-refractivity contribution is -0.123. The number of halogens is 1. The molecule has 1 fully saturated rings. The lowest BCUT2D eigenvalue weighted by atomic mass is 10.1. The quantitative estimate of drug-likeness (QED) is 0.703. The number of nitrogens with one attached hydrogen (secondary N) is 2. The predicted octanol–water partition coefficient (Wildman–Crippen LogP) is 0.165. The normalized spacial score (nSPS) is 23.6. The number of amides is 1. The zero-order valence-electron chi connectivity index (χ0n) is 9.32. The van der Waals surface area contributed by atoms with E-state index in [0.717, 1.165) is 0 Å². The minimum Gasteiger partial charge on any atom is -0.392 e. The summed E-state index contributed by atoms with van der Waals surface area (Å²) in [5.41, 5.74) is 0.458. The second-order valence-corrected chi connectivity index (χ2v) is 4.16. The minimum atomic E-state index is -0.473. The molecule has 1 heterocycles. The summed E-state index contributed by atoms with van der Waals surface area (Å²) < 4.78 is 13.3. The van der Waals surface area contributed by atoms with Crippen LogP contribution in [0.2, 0.25) is 0 Å². The van der Waals surface area contributed by atoms with Crippen molar-refractivity contribution in [2.24, 2.45) is 0 Å². The van der Waals surface area contributed by atoms with Gasteiger partial charge in [0.1, 0.15) is 5.82 Å². The molecule has 2 unspecified atom stereocenters. The molecule has 1 amide bonds. The van der Waals surface area contributed by atoms with Crippen molar-refractivity contribution in [3.8, 4) is 0 Å². The lowest BCUT2D eigenvalue weighted by Crippen LogP contribution is -2.40. The van der Waals surface area contributed by atoms with E-state index in [1.165, 1.54) is 6.07 Å². The van der Waals surface area contributed by atoms with Crippen molar-refractivity contribution in [2.75, 3.05) is 6.54 Å². The Morgan fingerprint density at radius 3 is 2.94 bits per heavy atom. The number of hydrogen-bond donors (Lipinski definition) is 3. The zero-order valence-corrected chi connectivity index (χ0v) is 9.32. The van der Waals surface area contributed by atoms with E-state index in [1.54, 1.807) is 18.2 Å². The summed E-state index contributed by atoms with van der Waals surface area (Å²) in [5, 5.41) is 14.8. The summed E-state index contributed by atoms with van der Waals surface area (Å²) in [6, 6.07) is 5.94. The molecule has 2 atom stereocenters. The Morgan fingerprint density at radius 2 is 2.29 bits per heavy atom. The second-order valence-electron chi connectivity index (χ2n) is 4.16. The monoisotopic (exact) mass is 238 g/mol. The van der Waals surface area contributed by atoms with Crippen LogP contribution in [0.15, 0.2) is 24.3 Å². The smallest absolute Gasteiger partial charge is 0.237 e. The first-order valence-corrected chi connectivity index (χ1v) is 5.59. The molecule has 0 aliphatic carbocycles. The van der Waals surface area contributed by atoms with Crippen LogP contribution in [0.25, 0.3) is 0 Å². The summed E-state index contributed by atoms with van der Waals surface area (Å²) in [7, 11) is 0.